The smallest absolute Gasteiger partial charge is 0.123 e. The van der Waals surface area contributed by atoms with Gasteiger partial charge in [0.25, 0.3) is 0 Å². The monoisotopic (exact) mass is 398 g/mol. The van der Waals surface area contributed by atoms with Crippen LogP contribution in [0.25, 0.3) is 0 Å². The molecular weight excluding hydrogens is 366 g/mol. The van der Waals surface area contributed by atoms with Crippen LogP contribution in [0.15, 0.2) is 91.0 Å². The molecule has 3 fully saturated rings. The Labute approximate surface area is 180 Å². The van der Waals surface area contributed by atoms with Crippen LogP contribution in [0.2, 0.25) is 0 Å². The Kier molecular flexibility index (Phi) is 5.22. The van der Waals surface area contributed by atoms with E-state index in [1.807, 2.05) is 12.1 Å². The highest BCUT2D eigenvalue weighted by Gasteiger charge is 2.54. The molecule has 3 aromatic rings. The van der Waals surface area contributed by atoms with Gasteiger partial charge in [-0.05, 0) is 22.6 Å². The van der Waals surface area contributed by atoms with E-state index in [1.54, 1.807) is 0 Å². The van der Waals surface area contributed by atoms with Gasteiger partial charge in [-0.25, -0.2) is 0 Å². The average Bonchev–Trinajstić information content (AvgIpc) is 2.85. The van der Waals surface area contributed by atoms with Crippen LogP contribution in [-0.4, -0.2) is 35.8 Å². The van der Waals surface area contributed by atoms with E-state index in [2.05, 4.69) is 78.9 Å². The average molecular weight is 399 g/mol. The van der Waals surface area contributed by atoms with Gasteiger partial charge in [0, 0.05) is 25.2 Å². The van der Waals surface area contributed by atoms with Crippen LogP contribution in [0.4, 0.5) is 0 Å². The fourth-order valence-electron chi connectivity index (χ4n) is 6.07. The highest BCUT2D eigenvalue weighted by atomic mass is 16.3. The Morgan fingerprint density at radius 1 is 0.733 bits per heavy atom. The largest absolute Gasteiger partial charge is 0.380 e. The number of benzene rings is 3. The molecule has 0 saturated carbocycles. The van der Waals surface area contributed by atoms with Gasteiger partial charge in [0.2, 0.25) is 0 Å². The fraction of sp³-hybridized carbons (Fsp3) is 0.357. The second-order valence-electron chi connectivity index (χ2n) is 9.37. The predicted molar refractivity (Wildman–Crippen MR) is 122 cm³/mol. The molecule has 2 heteroatoms. The molecule has 2 nitrogen and oxygen atoms in total. The molecule has 0 aromatic heterocycles. The SMILES string of the molecule is OC(c1ccccc1)(c1ccccc1)C1C[N+]2(CCc3ccccc3)CCC1CC2. The molecule has 2 bridgehead atoms. The minimum atomic E-state index is -0.926. The van der Waals surface area contributed by atoms with E-state index in [0.717, 1.165) is 28.6 Å². The van der Waals surface area contributed by atoms with Crippen molar-refractivity contribution in [2.24, 2.45) is 11.8 Å². The fourth-order valence-corrected chi connectivity index (χ4v) is 6.07. The van der Waals surface area contributed by atoms with E-state index in [4.69, 9.17) is 0 Å². The summed E-state index contributed by atoms with van der Waals surface area (Å²) in [6, 6.07) is 31.6. The number of rotatable bonds is 6. The number of hydrogen-bond donors (Lipinski definition) is 1. The summed E-state index contributed by atoms with van der Waals surface area (Å²) in [6.07, 6.45) is 3.57. The first kappa shape index (κ1) is 19.5. The Bertz CT molecular complexity index is 906. The van der Waals surface area contributed by atoms with Crippen molar-refractivity contribution in [2.75, 3.05) is 26.2 Å². The van der Waals surface area contributed by atoms with Gasteiger partial charge in [-0.3, -0.25) is 0 Å². The van der Waals surface area contributed by atoms with Gasteiger partial charge in [-0.15, -0.1) is 0 Å². The summed E-state index contributed by atoms with van der Waals surface area (Å²) in [5, 5.41) is 12.4. The summed E-state index contributed by atoms with van der Waals surface area (Å²) < 4.78 is 1.15. The van der Waals surface area contributed by atoms with Crippen LogP contribution >= 0.6 is 0 Å². The van der Waals surface area contributed by atoms with Crippen molar-refractivity contribution < 1.29 is 9.59 Å². The Hall–Kier alpha value is -2.42. The molecule has 3 aliphatic heterocycles. The molecule has 0 amide bonds. The van der Waals surface area contributed by atoms with Crippen LogP contribution < -0.4 is 0 Å². The lowest BCUT2D eigenvalue weighted by molar-refractivity contribution is -0.948. The quantitative estimate of drug-likeness (QED) is 0.578. The van der Waals surface area contributed by atoms with Gasteiger partial charge in [0.15, 0.2) is 0 Å². The lowest BCUT2D eigenvalue weighted by Gasteiger charge is -2.56. The summed E-state index contributed by atoms with van der Waals surface area (Å²) in [5.41, 5.74) is 2.58. The maximum atomic E-state index is 12.4. The molecule has 6 rings (SSSR count). The highest BCUT2D eigenvalue weighted by Crippen LogP contribution is 2.49. The van der Waals surface area contributed by atoms with Crippen LogP contribution in [0.3, 0.4) is 0 Å². The topological polar surface area (TPSA) is 20.2 Å². The molecule has 3 aromatic carbocycles. The van der Waals surface area contributed by atoms with Crippen LogP contribution in [-0.2, 0) is 12.0 Å². The third-order valence-electron chi connectivity index (χ3n) is 7.78. The van der Waals surface area contributed by atoms with Gasteiger partial charge in [0.05, 0.1) is 26.2 Å². The zero-order valence-corrected chi connectivity index (χ0v) is 17.7. The number of nitrogens with zero attached hydrogens (tertiary/aromatic N) is 1. The number of quaternary nitrogens is 1. The van der Waals surface area contributed by atoms with Crippen molar-refractivity contribution in [3.8, 4) is 0 Å². The summed E-state index contributed by atoms with van der Waals surface area (Å²) >= 11 is 0. The van der Waals surface area contributed by atoms with E-state index in [1.165, 1.54) is 38.0 Å². The summed E-state index contributed by atoms with van der Waals surface area (Å²) in [4.78, 5) is 0. The van der Waals surface area contributed by atoms with Gasteiger partial charge in [-0.2, -0.15) is 0 Å². The van der Waals surface area contributed by atoms with Crippen molar-refractivity contribution in [3.05, 3.63) is 108 Å². The molecule has 154 valence electrons. The maximum Gasteiger partial charge on any atom is 0.123 e. The summed E-state index contributed by atoms with van der Waals surface area (Å²) in [6.45, 7) is 4.76. The molecule has 3 aliphatic rings. The number of hydrogen-bond acceptors (Lipinski definition) is 1. The summed E-state index contributed by atoms with van der Waals surface area (Å²) in [5.74, 6) is 0.840. The normalized spacial score (nSPS) is 25.9. The lowest BCUT2D eigenvalue weighted by Crippen LogP contribution is -2.66. The van der Waals surface area contributed by atoms with Crippen molar-refractivity contribution in [2.45, 2.75) is 24.9 Å². The van der Waals surface area contributed by atoms with Crippen molar-refractivity contribution >= 4 is 0 Å². The van der Waals surface area contributed by atoms with E-state index in [-0.39, 0.29) is 5.92 Å². The summed E-state index contributed by atoms with van der Waals surface area (Å²) in [7, 11) is 0. The van der Waals surface area contributed by atoms with E-state index in [0.29, 0.717) is 5.92 Å². The Balaban J connectivity index is 1.48. The molecule has 1 unspecified atom stereocenters. The standard InChI is InChI=1S/C28H32NO/c30-28(25-12-6-2-7-13-25,26-14-8-3-9-15-26)27-22-29(20-17-24(27)18-21-29)19-16-23-10-4-1-5-11-23/h1-15,24,27,30H,16-22H2/q+1. The third kappa shape index (κ3) is 3.49. The zero-order valence-electron chi connectivity index (χ0n) is 17.7. The lowest BCUT2D eigenvalue weighted by atomic mass is 9.64. The van der Waals surface area contributed by atoms with Crippen molar-refractivity contribution in [3.63, 3.8) is 0 Å². The Morgan fingerprint density at radius 2 is 1.23 bits per heavy atom. The molecule has 0 spiro atoms. The first-order valence-corrected chi connectivity index (χ1v) is 11.4. The van der Waals surface area contributed by atoms with Crippen molar-refractivity contribution in [1.82, 2.24) is 0 Å². The molecule has 0 aliphatic carbocycles. The van der Waals surface area contributed by atoms with Gasteiger partial charge in [0.1, 0.15) is 5.60 Å². The second kappa shape index (κ2) is 8.02. The minimum Gasteiger partial charge on any atom is -0.380 e. The Morgan fingerprint density at radius 3 is 1.77 bits per heavy atom. The molecule has 1 atom stereocenters. The van der Waals surface area contributed by atoms with Gasteiger partial charge >= 0.3 is 0 Å². The van der Waals surface area contributed by atoms with E-state index in [9.17, 15) is 5.11 Å². The molecular formula is C28H32NO+. The molecule has 30 heavy (non-hydrogen) atoms. The van der Waals surface area contributed by atoms with Gasteiger partial charge < -0.3 is 9.59 Å². The number of fused-ring (bicyclic) bond motifs is 3. The molecule has 1 N–H and O–H groups in total. The highest BCUT2D eigenvalue weighted by molar-refractivity contribution is 5.37. The van der Waals surface area contributed by atoms with Gasteiger partial charge in [-0.1, -0.05) is 91.0 Å². The molecule has 3 saturated heterocycles. The van der Waals surface area contributed by atoms with Crippen LogP contribution in [0.1, 0.15) is 29.5 Å². The first-order valence-electron chi connectivity index (χ1n) is 11.4. The maximum absolute atomic E-state index is 12.4. The minimum absolute atomic E-state index is 0.251. The van der Waals surface area contributed by atoms with E-state index < -0.39 is 5.60 Å². The van der Waals surface area contributed by atoms with E-state index >= 15 is 0 Å². The number of aliphatic hydroxyl groups is 1. The second-order valence-corrected chi connectivity index (χ2v) is 9.37. The molecule has 3 heterocycles. The van der Waals surface area contributed by atoms with Crippen molar-refractivity contribution in [1.29, 1.82) is 0 Å². The predicted octanol–water partition coefficient (Wildman–Crippen LogP) is 5.02. The first-order chi connectivity index (χ1) is 14.7. The molecule has 0 radical (unpaired) electrons. The van der Waals surface area contributed by atoms with Crippen LogP contribution in [0.5, 0.6) is 0 Å². The third-order valence-corrected chi connectivity index (χ3v) is 7.78. The van der Waals surface area contributed by atoms with Crippen LogP contribution in [0, 0.1) is 11.8 Å². The number of piperidine rings is 3. The zero-order chi connectivity index (χ0) is 20.4.